The lowest BCUT2D eigenvalue weighted by Crippen LogP contribution is -2.41. The number of nitrogens with one attached hydrogen (secondary N) is 1. The van der Waals surface area contributed by atoms with E-state index in [-0.39, 0.29) is 52.6 Å². The number of carbonyl (C=O) groups excluding carboxylic acids is 2. The van der Waals surface area contributed by atoms with Gasteiger partial charge in [-0.05, 0) is 55.7 Å². The molecule has 5 N–H and O–H groups in total. The van der Waals surface area contributed by atoms with Gasteiger partial charge in [-0.15, -0.1) is 0 Å². The Hall–Kier alpha value is -4.15. The van der Waals surface area contributed by atoms with Crippen molar-refractivity contribution in [3.8, 4) is 11.6 Å². The third-order valence-electron chi connectivity index (χ3n) is 8.84. The molecule has 0 amide bonds. The summed E-state index contributed by atoms with van der Waals surface area (Å²) >= 11 is 6.15. The SMILES string of the molecule is Cc1ccn(-c2cc(Cl)ccc2[C@@H](Oc2cc(N3CCC4(CC3)CNC(C(=O)OCCOC(=O)[C@H](N)C(C)C)C4)nc(N)n2)C(F)(F)F)n1. The van der Waals surface area contributed by atoms with Crippen LogP contribution in [0.4, 0.5) is 24.9 Å². The Morgan fingerprint density at radius 3 is 2.49 bits per heavy atom. The summed E-state index contributed by atoms with van der Waals surface area (Å²) < 4.78 is 60.9. The van der Waals surface area contributed by atoms with Crippen molar-refractivity contribution in [3.63, 3.8) is 0 Å². The first kappa shape index (κ1) is 36.1. The average Bonchev–Trinajstić information content (AvgIpc) is 3.67. The molecule has 0 radical (unpaired) electrons. The largest absolute Gasteiger partial charge is 0.461 e. The van der Waals surface area contributed by atoms with Crippen LogP contribution in [0.2, 0.25) is 5.02 Å². The van der Waals surface area contributed by atoms with Gasteiger partial charge in [0.05, 0.1) is 11.4 Å². The first-order valence-corrected chi connectivity index (χ1v) is 16.3. The van der Waals surface area contributed by atoms with E-state index in [9.17, 15) is 22.8 Å². The summed E-state index contributed by atoms with van der Waals surface area (Å²) in [5.41, 5.74) is 12.0. The summed E-state index contributed by atoms with van der Waals surface area (Å²) in [6.07, 6.45) is -3.81. The molecule has 2 fully saturated rings. The predicted octanol–water partition coefficient (Wildman–Crippen LogP) is 3.91. The summed E-state index contributed by atoms with van der Waals surface area (Å²) in [4.78, 5) is 34.7. The maximum absolute atomic E-state index is 14.5. The van der Waals surface area contributed by atoms with Crippen LogP contribution in [0.5, 0.6) is 5.88 Å². The molecule has 0 bridgehead atoms. The molecular formula is C32H40ClF3N8O5. The zero-order valence-electron chi connectivity index (χ0n) is 27.4. The van der Waals surface area contributed by atoms with E-state index >= 15 is 0 Å². The van der Waals surface area contributed by atoms with Gasteiger partial charge >= 0.3 is 18.1 Å². The second kappa shape index (κ2) is 14.8. The molecule has 3 atom stereocenters. The number of alkyl halides is 3. The third kappa shape index (κ3) is 8.72. The summed E-state index contributed by atoms with van der Waals surface area (Å²) in [6, 6.07) is 5.73. The van der Waals surface area contributed by atoms with Crippen molar-refractivity contribution in [2.24, 2.45) is 17.1 Å². The van der Waals surface area contributed by atoms with Gasteiger partial charge in [0, 0.05) is 42.5 Å². The van der Waals surface area contributed by atoms with E-state index < -0.39 is 36.3 Å². The number of benzene rings is 1. The van der Waals surface area contributed by atoms with Crippen LogP contribution in [0.1, 0.15) is 50.5 Å². The van der Waals surface area contributed by atoms with Crippen molar-refractivity contribution in [2.75, 3.05) is 43.5 Å². The first-order valence-electron chi connectivity index (χ1n) is 15.9. The number of nitrogens with two attached hydrogens (primary N) is 2. The number of ether oxygens (including phenoxy) is 3. The molecule has 0 aliphatic carbocycles. The molecule has 2 aliphatic heterocycles. The van der Waals surface area contributed by atoms with Crippen molar-refractivity contribution >= 4 is 35.3 Å². The molecule has 3 aromatic rings. The fourth-order valence-electron chi connectivity index (χ4n) is 5.99. The first-order chi connectivity index (χ1) is 23.1. The molecule has 13 nitrogen and oxygen atoms in total. The van der Waals surface area contributed by atoms with Gasteiger partial charge in [0.25, 0.3) is 0 Å². The molecule has 0 saturated carbocycles. The minimum absolute atomic E-state index is 0.0733. The van der Waals surface area contributed by atoms with E-state index in [0.717, 1.165) is 0 Å². The Bertz CT molecular complexity index is 1650. The van der Waals surface area contributed by atoms with Gasteiger partial charge in [-0.3, -0.25) is 9.59 Å². The van der Waals surface area contributed by atoms with Gasteiger partial charge in [-0.2, -0.15) is 28.2 Å². The van der Waals surface area contributed by atoms with E-state index in [1.165, 1.54) is 35.1 Å². The van der Waals surface area contributed by atoms with Gasteiger partial charge in [0.15, 0.2) is 0 Å². The standard InChI is InChI=1S/C32H40ClF3N8O5/c1-18(2)26(37)29(46)48-13-12-47-28(45)22-16-31(17-39-22)7-10-43(11-8-31)24-15-25(41-30(38)40-24)49-27(32(34,35)36)21-5-4-20(33)14-23(21)44-9-6-19(3)42-44/h4-6,9,14-15,18,22,26-27,39H,7-8,10-13,16-17,37H2,1-3H3,(H2,38,40,41)/t22?,26-,27-/m1/s1. The van der Waals surface area contributed by atoms with E-state index in [4.69, 9.17) is 37.3 Å². The van der Waals surface area contributed by atoms with Crippen molar-refractivity contribution in [1.82, 2.24) is 25.1 Å². The van der Waals surface area contributed by atoms with Crippen molar-refractivity contribution < 1.29 is 37.0 Å². The van der Waals surface area contributed by atoms with Gasteiger partial charge < -0.3 is 35.9 Å². The van der Waals surface area contributed by atoms with E-state index in [2.05, 4.69) is 20.4 Å². The third-order valence-corrected chi connectivity index (χ3v) is 9.08. The van der Waals surface area contributed by atoms with Crippen LogP contribution < -0.4 is 26.4 Å². The molecular weight excluding hydrogens is 669 g/mol. The molecule has 49 heavy (non-hydrogen) atoms. The maximum Gasteiger partial charge on any atom is 0.429 e. The minimum atomic E-state index is -4.83. The number of aryl methyl sites for hydroxylation is 1. The second-order valence-electron chi connectivity index (χ2n) is 12.8. The molecule has 1 unspecified atom stereocenters. The number of anilines is 2. The molecule has 5 rings (SSSR count). The quantitative estimate of drug-likeness (QED) is 0.194. The highest BCUT2D eigenvalue weighted by molar-refractivity contribution is 6.30. The van der Waals surface area contributed by atoms with Crippen LogP contribution in [0.15, 0.2) is 36.5 Å². The Kier molecular flexibility index (Phi) is 10.9. The number of nitrogen functional groups attached to an aromatic ring is 1. The lowest BCUT2D eigenvalue weighted by Gasteiger charge is -2.39. The number of esters is 2. The van der Waals surface area contributed by atoms with Crippen molar-refractivity contribution in [1.29, 1.82) is 0 Å². The zero-order valence-corrected chi connectivity index (χ0v) is 28.1. The number of halogens is 4. The molecule has 2 aliphatic rings. The predicted molar refractivity (Wildman–Crippen MR) is 174 cm³/mol. The number of hydrogen-bond donors (Lipinski definition) is 3. The van der Waals surface area contributed by atoms with Crippen LogP contribution >= 0.6 is 11.6 Å². The van der Waals surface area contributed by atoms with Crippen LogP contribution in [0, 0.1) is 18.3 Å². The van der Waals surface area contributed by atoms with Gasteiger partial charge in [0.2, 0.25) is 17.9 Å². The lowest BCUT2D eigenvalue weighted by atomic mass is 9.76. The fourth-order valence-corrected chi connectivity index (χ4v) is 6.16. The van der Waals surface area contributed by atoms with Crippen LogP contribution in [0.3, 0.4) is 0 Å². The number of carbonyl (C=O) groups is 2. The maximum atomic E-state index is 14.5. The lowest BCUT2D eigenvalue weighted by molar-refractivity contribution is -0.198. The molecule has 2 saturated heterocycles. The number of piperidine rings is 1. The summed E-state index contributed by atoms with van der Waals surface area (Å²) in [6.45, 7) is 6.78. The average molecular weight is 709 g/mol. The Morgan fingerprint density at radius 1 is 1.12 bits per heavy atom. The topological polar surface area (TPSA) is 173 Å². The Morgan fingerprint density at radius 2 is 1.84 bits per heavy atom. The van der Waals surface area contributed by atoms with Crippen molar-refractivity contribution in [3.05, 3.63) is 52.8 Å². The molecule has 266 valence electrons. The highest BCUT2D eigenvalue weighted by Crippen LogP contribution is 2.42. The highest BCUT2D eigenvalue weighted by atomic mass is 35.5. The number of nitrogens with zero attached hydrogens (tertiary/aromatic N) is 5. The summed E-state index contributed by atoms with van der Waals surface area (Å²) in [5, 5.41) is 7.72. The molecule has 1 aromatic carbocycles. The number of rotatable bonds is 11. The van der Waals surface area contributed by atoms with Gasteiger partial charge in [-0.25, -0.2) is 4.68 Å². The van der Waals surface area contributed by atoms with Crippen molar-refractivity contribution in [2.45, 2.75) is 64.4 Å². The van der Waals surface area contributed by atoms with E-state index in [1.54, 1.807) is 13.0 Å². The Labute approximate surface area is 286 Å². The molecule has 4 heterocycles. The summed E-state index contributed by atoms with van der Waals surface area (Å²) in [5.74, 6) is -1.31. The van der Waals surface area contributed by atoms with Crippen LogP contribution in [-0.2, 0) is 19.1 Å². The molecule has 2 aromatic heterocycles. The van der Waals surface area contributed by atoms with E-state index in [1.807, 2.05) is 18.7 Å². The zero-order chi connectivity index (χ0) is 35.5. The summed E-state index contributed by atoms with van der Waals surface area (Å²) in [7, 11) is 0. The normalized spacial score (nSPS) is 18.8. The van der Waals surface area contributed by atoms with Gasteiger partial charge in [0.1, 0.15) is 31.1 Å². The smallest absolute Gasteiger partial charge is 0.429 e. The monoisotopic (exact) mass is 708 g/mol. The van der Waals surface area contributed by atoms with Crippen LogP contribution in [0.25, 0.3) is 5.69 Å². The minimum Gasteiger partial charge on any atom is -0.461 e. The van der Waals surface area contributed by atoms with Crippen LogP contribution in [-0.4, -0.2) is 82.8 Å². The molecule has 1 spiro atoms. The number of aromatic nitrogens is 4. The molecule has 17 heteroatoms. The van der Waals surface area contributed by atoms with E-state index in [0.29, 0.717) is 50.4 Å². The Balaban J connectivity index is 1.21. The highest BCUT2D eigenvalue weighted by Gasteiger charge is 2.46. The second-order valence-corrected chi connectivity index (χ2v) is 13.2. The van der Waals surface area contributed by atoms with Gasteiger partial charge in [-0.1, -0.05) is 31.5 Å². The number of hydrogen-bond acceptors (Lipinski definition) is 12. The fraction of sp³-hybridized carbons (Fsp3) is 0.531.